The number of benzene rings is 1. The van der Waals surface area contributed by atoms with Crippen LogP contribution in [0.25, 0.3) is 23.1 Å². The first-order valence-corrected chi connectivity index (χ1v) is 8.30. The number of rotatable bonds is 3. The van der Waals surface area contributed by atoms with Crippen LogP contribution in [-0.2, 0) is 4.74 Å². The van der Waals surface area contributed by atoms with Gasteiger partial charge in [0.05, 0.1) is 16.9 Å². The third kappa shape index (κ3) is 2.90. The average Bonchev–Trinajstić information content (AvgIpc) is 2.99. The van der Waals surface area contributed by atoms with Gasteiger partial charge in [0.1, 0.15) is 0 Å². The van der Waals surface area contributed by atoms with E-state index in [4.69, 9.17) is 15.6 Å². The third-order valence-corrected chi connectivity index (χ3v) is 4.29. The molecule has 1 aliphatic rings. The summed E-state index contributed by atoms with van der Waals surface area (Å²) in [7, 11) is 0. The molecule has 0 bridgehead atoms. The fourth-order valence-corrected chi connectivity index (χ4v) is 3.08. The lowest BCUT2D eigenvalue weighted by Crippen LogP contribution is -2.19. The molecule has 1 saturated heterocycles. The van der Waals surface area contributed by atoms with Crippen LogP contribution in [0, 0.1) is 0 Å². The standard InChI is InChI=1S/C19H20N4O/c20-14-7-10-18-16(13-14)17(9-8-15-5-1-3-11-21-15)22-23(18)19-6-2-4-12-24-19/h1,3,5,7-11,13,19H,2,4,6,12,20H2. The van der Waals surface area contributed by atoms with Crippen molar-refractivity contribution in [2.24, 2.45) is 0 Å². The molecule has 3 aromatic rings. The Morgan fingerprint density at radius 1 is 1.17 bits per heavy atom. The number of nitrogen functional groups attached to an aromatic ring is 1. The highest BCUT2D eigenvalue weighted by Gasteiger charge is 2.20. The number of anilines is 1. The lowest BCUT2D eigenvalue weighted by molar-refractivity contribution is -0.0367. The van der Waals surface area contributed by atoms with Gasteiger partial charge in [-0.1, -0.05) is 6.07 Å². The zero-order chi connectivity index (χ0) is 16.4. The summed E-state index contributed by atoms with van der Waals surface area (Å²) in [5, 5.41) is 5.83. The van der Waals surface area contributed by atoms with Crippen molar-refractivity contribution < 1.29 is 4.74 Å². The highest BCUT2D eigenvalue weighted by Crippen LogP contribution is 2.29. The molecule has 1 aromatic carbocycles. The van der Waals surface area contributed by atoms with Gasteiger partial charge in [-0.3, -0.25) is 4.98 Å². The van der Waals surface area contributed by atoms with Crippen molar-refractivity contribution in [3.05, 3.63) is 54.0 Å². The number of nitrogens with zero attached hydrogens (tertiary/aromatic N) is 3. The number of pyridine rings is 1. The molecule has 2 aromatic heterocycles. The summed E-state index contributed by atoms with van der Waals surface area (Å²) in [6.07, 6.45) is 9.02. The molecule has 0 radical (unpaired) electrons. The summed E-state index contributed by atoms with van der Waals surface area (Å²) in [5.41, 5.74) is 9.56. The van der Waals surface area contributed by atoms with Gasteiger partial charge in [0.2, 0.25) is 0 Å². The van der Waals surface area contributed by atoms with Crippen LogP contribution in [0.1, 0.15) is 36.9 Å². The van der Waals surface area contributed by atoms with Crippen molar-refractivity contribution in [1.29, 1.82) is 0 Å². The minimum atomic E-state index is 0.00174. The zero-order valence-electron chi connectivity index (χ0n) is 13.4. The monoisotopic (exact) mass is 320 g/mol. The Labute approximate surface area is 140 Å². The van der Waals surface area contributed by atoms with Gasteiger partial charge < -0.3 is 10.5 Å². The van der Waals surface area contributed by atoms with E-state index in [1.807, 2.05) is 53.2 Å². The smallest absolute Gasteiger partial charge is 0.150 e. The van der Waals surface area contributed by atoms with Crippen LogP contribution < -0.4 is 5.73 Å². The van der Waals surface area contributed by atoms with Gasteiger partial charge in [0, 0.05) is 23.9 Å². The Hall–Kier alpha value is -2.66. The maximum absolute atomic E-state index is 5.98. The third-order valence-electron chi connectivity index (χ3n) is 4.29. The maximum Gasteiger partial charge on any atom is 0.150 e. The second kappa shape index (κ2) is 6.45. The van der Waals surface area contributed by atoms with E-state index in [1.54, 1.807) is 6.20 Å². The number of fused-ring (bicyclic) bond motifs is 1. The van der Waals surface area contributed by atoms with E-state index in [2.05, 4.69) is 4.98 Å². The molecule has 1 aliphatic heterocycles. The van der Waals surface area contributed by atoms with Gasteiger partial charge in [0.25, 0.3) is 0 Å². The highest BCUT2D eigenvalue weighted by molar-refractivity contribution is 5.91. The number of hydrogen-bond donors (Lipinski definition) is 1. The second-order valence-electron chi connectivity index (χ2n) is 6.02. The van der Waals surface area contributed by atoms with E-state index in [0.717, 1.165) is 47.4 Å². The fourth-order valence-electron chi connectivity index (χ4n) is 3.08. The fraction of sp³-hybridized carbons (Fsp3) is 0.263. The van der Waals surface area contributed by atoms with Gasteiger partial charge in [0.15, 0.2) is 6.23 Å². The van der Waals surface area contributed by atoms with Crippen LogP contribution >= 0.6 is 0 Å². The first-order chi connectivity index (χ1) is 11.8. The molecule has 5 heteroatoms. The summed E-state index contributed by atoms with van der Waals surface area (Å²) in [5.74, 6) is 0. The normalized spacial score (nSPS) is 18.4. The van der Waals surface area contributed by atoms with Crippen LogP contribution in [0.15, 0.2) is 42.6 Å². The number of ether oxygens (including phenoxy) is 1. The average molecular weight is 320 g/mol. The maximum atomic E-state index is 5.98. The summed E-state index contributed by atoms with van der Waals surface area (Å²) in [4.78, 5) is 4.32. The lowest BCUT2D eigenvalue weighted by Gasteiger charge is -2.23. The Bertz CT molecular complexity index is 864. The van der Waals surface area contributed by atoms with Crippen LogP contribution in [-0.4, -0.2) is 21.4 Å². The Balaban J connectivity index is 1.77. The van der Waals surface area contributed by atoms with E-state index in [9.17, 15) is 0 Å². The van der Waals surface area contributed by atoms with Crippen molar-refractivity contribution in [2.45, 2.75) is 25.5 Å². The van der Waals surface area contributed by atoms with Gasteiger partial charge in [-0.2, -0.15) is 5.10 Å². The van der Waals surface area contributed by atoms with Gasteiger partial charge in [-0.05, 0) is 61.7 Å². The molecule has 0 aliphatic carbocycles. The van der Waals surface area contributed by atoms with Gasteiger partial charge in [-0.15, -0.1) is 0 Å². The molecular weight excluding hydrogens is 300 g/mol. The van der Waals surface area contributed by atoms with E-state index < -0.39 is 0 Å². The van der Waals surface area contributed by atoms with Crippen molar-refractivity contribution in [3.63, 3.8) is 0 Å². The summed E-state index contributed by atoms with van der Waals surface area (Å²) in [6.45, 7) is 0.792. The summed E-state index contributed by atoms with van der Waals surface area (Å²) < 4.78 is 7.90. The predicted octanol–water partition coefficient (Wildman–Crippen LogP) is 3.88. The van der Waals surface area contributed by atoms with Crippen LogP contribution in [0.5, 0.6) is 0 Å². The van der Waals surface area contributed by atoms with E-state index in [0.29, 0.717) is 0 Å². The second-order valence-corrected chi connectivity index (χ2v) is 6.02. The molecule has 1 unspecified atom stereocenters. The highest BCUT2D eigenvalue weighted by atomic mass is 16.5. The molecule has 5 nitrogen and oxygen atoms in total. The van der Waals surface area contributed by atoms with Gasteiger partial charge in [-0.25, -0.2) is 4.68 Å². The zero-order valence-corrected chi connectivity index (χ0v) is 13.4. The van der Waals surface area contributed by atoms with Crippen molar-refractivity contribution in [2.75, 3.05) is 12.3 Å². The molecule has 1 fully saturated rings. The first kappa shape index (κ1) is 14.9. The van der Waals surface area contributed by atoms with Gasteiger partial charge >= 0.3 is 0 Å². The van der Waals surface area contributed by atoms with Crippen LogP contribution in [0.3, 0.4) is 0 Å². The molecule has 24 heavy (non-hydrogen) atoms. The van der Waals surface area contributed by atoms with Crippen molar-refractivity contribution >= 4 is 28.7 Å². The largest absolute Gasteiger partial charge is 0.399 e. The molecule has 1 atom stereocenters. The van der Waals surface area contributed by atoms with Crippen LogP contribution in [0.4, 0.5) is 5.69 Å². The Morgan fingerprint density at radius 3 is 2.92 bits per heavy atom. The SMILES string of the molecule is Nc1ccc2c(c1)c(C=Cc1ccccn1)nn2C1CCCCO1. The summed E-state index contributed by atoms with van der Waals surface area (Å²) >= 11 is 0. The lowest BCUT2D eigenvalue weighted by atomic mass is 10.1. The number of nitrogens with two attached hydrogens (primary N) is 1. The van der Waals surface area contributed by atoms with Crippen molar-refractivity contribution in [3.8, 4) is 0 Å². The molecule has 2 N–H and O–H groups in total. The number of aromatic nitrogens is 3. The number of hydrogen-bond acceptors (Lipinski definition) is 4. The molecule has 0 saturated carbocycles. The van der Waals surface area contributed by atoms with E-state index >= 15 is 0 Å². The summed E-state index contributed by atoms with van der Waals surface area (Å²) in [6, 6.07) is 11.7. The van der Waals surface area contributed by atoms with Crippen molar-refractivity contribution in [1.82, 2.24) is 14.8 Å². The Morgan fingerprint density at radius 2 is 2.12 bits per heavy atom. The molecule has 122 valence electrons. The predicted molar refractivity (Wildman–Crippen MR) is 96.2 cm³/mol. The topological polar surface area (TPSA) is 66.0 Å². The molecular formula is C19H20N4O. The molecule has 4 rings (SSSR count). The minimum Gasteiger partial charge on any atom is -0.399 e. The van der Waals surface area contributed by atoms with Crippen LogP contribution in [0.2, 0.25) is 0 Å². The van der Waals surface area contributed by atoms with E-state index in [1.165, 1.54) is 6.42 Å². The molecule has 3 heterocycles. The van der Waals surface area contributed by atoms with E-state index in [-0.39, 0.29) is 6.23 Å². The quantitative estimate of drug-likeness (QED) is 0.744. The first-order valence-electron chi connectivity index (χ1n) is 8.30. The molecule has 0 amide bonds. The minimum absolute atomic E-state index is 0.00174. The molecule has 0 spiro atoms. The Kier molecular flexibility index (Phi) is 4.01.